The first-order valence-corrected chi connectivity index (χ1v) is 10.9. The zero-order valence-corrected chi connectivity index (χ0v) is 17.8. The van der Waals surface area contributed by atoms with Crippen molar-refractivity contribution in [3.63, 3.8) is 0 Å². The van der Waals surface area contributed by atoms with Crippen LogP contribution in [0.15, 0.2) is 47.2 Å². The molecule has 4 aliphatic heterocycles. The Kier molecular flexibility index (Phi) is 5.22. The average molecular weight is 435 g/mol. The van der Waals surface area contributed by atoms with Gasteiger partial charge in [0.15, 0.2) is 6.30 Å². The summed E-state index contributed by atoms with van der Waals surface area (Å²) >= 11 is 0. The third-order valence-corrected chi connectivity index (χ3v) is 7.18. The van der Waals surface area contributed by atoms with Crippen molar-refractivity contribution in [2.75, 3.05) is 46.3 Å². The summed E-state index contributed by atoms with van der Waals surface area (Å²) in [6.45, 7) is 5.33. The highest BCUT2D eigenvalue weighted by atomic mass is 19.1. The summed E-state index contributed by atoms with van der Waals surface area (Å²) in [6.07, 6.45) is 5.82. The average Bonchev–Trinajstić information content (AvgIpc) is 3.09. The minimum Gasteiger partial charge on any atom is -0.354 e. The second-order valence-corrected chi connectivity index (χ2v) is 9.05. The normalized spacial score (nSPS) is 37.0. The van der Waals surface area contributed by atoms with Crippen LogP contribution >= 0.6 is 0 Å². The molecule has 0 bridgehead atoms. The first kappa shape index (κ1) is 20.8. The Labute approximate surface area is 180 Å². The minimum absolute atomic E-state index is 0.266. The fourth-order valence-electron chi connectivity index (χ4n) is 5.29. The van der Waals surface area contributed by atoms with Crippen LogP contribution in [0.4, 0.5) is 13.2 Å². The third-order valence-electron chi connectivity index (χ3n) is 7.18. The van der Waals surface area contributed by atoms with Gasteiger partial charge in [-0.25, -0.2) is 13.2 Å². The van der Waals surface area contributed by atoms with Crippen molar-refractivity contribution in [1.82, 2.24) is 24.9 Å². The maximum Gasteiger partial charge on any atom is 0.243 e. The van der Waals surface area contributed by atoms with Crippen LogP contribution in [0.1, 0.15) is 6.92 Å². The minimum atomic E-state index is -1.03. The summed E-state index contributed by atoms with van der Waals surface area (Å²) in [5.74, 6) is -1.11. The van der Waals surface area contributed by atoms with E-state index in [1.165, 1.54) is 6.20 Å². The molecule has 2 fully saturated rings. The van der Waals surface area contributed by atoms with Crippen LogP contribution in [0.2, 0.25) is 0 Å². The van der Waals surface area contributed by atoms with Gasteiger partial charge in [0.2, 0.25) is 5.91 Å². The van der Waals surface area contributed by atoms with E-state index in [9.17, 15) is 13.6 Å². The predicted octanol–water partition coefficient (Wildman–Crippen LogP) is 1.32. The van der Waals surface area contributed by atoms with Crippen molar-refractivity contribution in [2.45, 2.75) is 37.4 Å². The number of piperazine rings is 2. The molecule has 5 aliphatic rings. The number of likely N-dealkylation sites (N-methyl/N-ethyl adjacent to an activating group) is 1. The lowest BCUT2D eigenvalue weighted by molar-refractivity contribution is -0.129. The van der Waals surface area contributed by atoms with Gasteiger partial charge in [-0.1, -0.05) is 12.2 Å². The van der Waals surface area contributed by atoms with Gasteiger partial charge < -0.3 is 10.2 Å². The largest absolute Gasteiger partial charge is 0.354 e. The molecule has 5 atom stereocenters. The summed E-state index contributed by atoms with van der Waals surface area (Å²) in [5, 5.41) is 2.73. The summed E-state index contributed by atoms with van der Waals surface area (Å²) in [7, 11) is 1.78. The number of hydrogen-bond donors (Lipinski definition) is 1. The van der Waals surface area contributed by atoms with E-state index in [1.54, 1.807) is 29.8 Å². The van der Waals surface area contributed by atoms with Crippen molar-refractivity contribution in [2.24, 2.45) is 0 Å². The molecule has 1 amide bonds. The maximum atomic E-state index is 15.3. The zero-order chi connectivity index (χ0) is 21.9. The Bertz CT molecular complexity index is 892. The quantitative estimate of drug-likeness (QED) is 0.535. The maximum absolute atomic E-state index is 15.3. The number of carbonyl (C=O) groups excluding carboxylic acids is 1. The zero-order valence-electron chi connectivity index (χ0n) is 17.8. The van der Waals surface area contributed by atoms with Crippen molar-refractivity contribution in [3.05, 3.63) is 47.2 Å². The van der Waals surface area contributed by atoms with E-state index in [0.29, 0.717) is 50.4 Å². The summed E-state index contributed by atoms with van der Waals surface area (Å²) < 4.78 is 44.5. The molecule has 168 valence electrons. The smallest absolute Gasteiger partial charge is 0.243 e. The monoisotopic (exact) mass is 435 g/mol. The van der Waals surface area contributed by atoms with Gasteiger partial charge in [0.1, 0.15) is 23.7 Å². The van der Waals surface area contributed by atoms with Crippen molar-refractivity contribution < 1.29 is 18.0 Å². The molecule has 5 unspecified atom stereocenters. The Morgan fingerprint density at radius 3 is 2.68 bits per heavy atom. The molecule has 0 spiro atoms. The number of hydrogen-bond acceptors (Lipinski definition) is 5. The lowest BCUT2D eigenvalue weighted by Gasteiger charge is -2.44. The van der Waals surface area contributed by atoms with Gasteiger partial charge in [0, 0.05) is 56.6 Å². The summed E-state index contributed by atoms with van der Waals surface area (Å²) in [6, 6.07) is -2.19. The van der Waals surface area contributed by atoms with E-state index >= 15 is 4.39 Å². The van der Waals surface area contributed by atoms with Crippen LogP contribution in [0.25, 0.3) is 0 Å². The highest BCUT2D eigenvalue weighted by Gasteiger charge is 2.49. The molecule has 1 N–H and O–H groups in total. The molecule has 0 saturated carbocycles. The van der Waals surface area contributed by atoms with Gasteiger partial charge in [-0.3, -0.25) is 19.5 Å². The van der Waals surface area contributed by atoms with Gasteiger partial charge in [-0.05, 0) is 20.0 Å². The van der Waals surface area contributed by atoms with E-state index in [1.807, 2.05) is 12.2 Å². The topological polar surface area (TPSA) is 42.1 Å². The second kappa shape index (κ2) is 7.79. The Morgan fingerprint density at radius 1 is 1.19 bits per heavy atom. The van der Waals surface area contributed by atoms with Gasteiger partial charge in [-0.15, -0.1) is 0 Å². The fraction of sp³-hybridized carbons (Fsp3) is 0.591. The van der Waals surface area contributed by atoms with Gasteiger partial charge >= 0.3 is 0 Å². The third kappa shape index (κ3) is 3.43. The second-order valence-electron chi connectivity index (χ2n) is 9.05. The number of carbonyl (C=O) groups is 1. The van der Waals surface area contributed by atoms with Crippen molar-refractivity contribution in [3.8, 4) is 0 Å². The van der Waals surface area contributed by atoms with Crippen LogP contribution in [-0.4, -0.2) is 102 Å². The van der Waals surface area contributed by atoms with Crippen LogP contribution in [-0.2, 0) is 4.79 Å². The fourth-order valence-corrected chi connectivity index (χ4v) is 5.29. The molecular formula is C22H28F3N5O. The van der Waals surface area contributed by atoms with Crippen LogP contribution in [0.3, 0.4) is 0 Å². The van der Waals surface area contributed by atoms with E-state index < -0.39 is 36.1 Å². The first-order valence-electron chi connectivity index (χ1n) is 10.9. The van der Waals surface area contributed by atoms with Gasteiger partial charge in [0.05, 0.1) is 12.1 Å². The van der Waals surface area contributed by atoms with E-state index in [4.69, 9.17) is 0 Å². The summed E-state index contributed by atoms with van der Waals surface area (Å²) in [5.41, 5.74) is 0.841. The molecular weight excluding hydrogens is 407 g/mol. The Morgan fingerprint density at radius 2 is 1.94 bits per heavy atom. The molecule has 0 aromatic rings. The highest BCUT2D eigenvalue weighted by molar-refractivity contribution is 5.84. The number of rotatable bonds is 3. The number of halogens is 3. The highest BCUT2D eigenvalue weighted by Crippen LogP contribution is 2.41. The molecule has 0 aromatic carbocycles. The van der Waals surface area contributed by atoms with Gasteiger partial charge in [0.25, 0.3) is 0 Å². The van der Waals surface area contributed by atoms with E-state index in [0.717, 1.165) is 0 Å². The van der Waals surface area contributed by atoms with Crippen LogP contribution < -0.4 is 5.32 Å². The molecule has 5 rings (SSSR count). The van der Waals surface area contributed by atoms with Crippen molar-refractivity contribution >= 4 is 5.91 Å². The molecule has 0 radical (unpaired) electrons. The Balaban J connectivity index is 1.28. The first-order chi connectivity index (χ1) is 14.8. The molecule has 0 aromatic heterocycles. The predicted molar refractivity (Wildman–Crippen MR) is 111 cm³/mol. The molecule has 1 aliphatic carbocycles. The van der Waals surface area contributed by atoms with Crippen LogP contribution in [0, 0.1) is 0 Å². The SMILES string of the molecule is CC1C(=O)NC2C(F)=C(CN3CCN(C4C=CCN(C)C4F)CC3)C=C3C(F)=CN1C32. The number of nitrogens with one attached hydrogen (secondary N) is 1. The summed E-state index contributed by atoms with van der Waals surface area (Å²) in [4.78, 5) is 19.8. The van der Waals surface area contributed by atoms with Crippen molar-refractivity contribution in [1.29, 1.82) is 0 Å². The molecule has 9 heteroatoms. The van der Waals surface area contributed by atoms with Crippen LogP contribution in [0.5, 0.6) is 0 Å². The molecule has 31 heavy (non-hydrogen) atoms. The number of alkyl halides is 1. The van der Waals surface area contributed by atoms with E-state index in [-0.39, 0.29) is 11.9 Å². The lowest BCUT2D eigenvalue weighted by atomic mass is 9.87. The molecule has 2 saturated heterocycles. The molecule has 6 nitrogen and oxygen atoms in total. The van der Waals surface area contributed by atoms with Gasteiger partial charge in [-0.2, -0.15) is 0 Å². The number of amides is 1. The van der Waals surface area contributed by atoms with E-state index in [2.05, 4.69) is 15.1 Å². The lowest BCUT2D eigenvalue weighted by Crippen LogP contribution is -2.63. The Hall–Kier alpha value is -2.10. The standard InChI is InChI=1S/C22H28F3N5O/c1-13-22(31)26-19-18(24)14(10-15-16(23)12-30(13)20(15)19)11-28-6-8-29(9-7-28)17-4-3-5-27(2)21(17)25/h3-4,10,12-13,17,19-21H,5-9,11H2,1-2H3,(H,26,31). The molecule has 4 heterocycles. The number of nitrogens with zero attached hydrogens (tertiary/aromatic N) is 4.